The van der Waals surface area contributed by atoms with Crippen LogP contribution in [0, 0.1) is 0 Å². The molecule has 0 aliphatic heterocycles. The third-order valence-electron chi connectivity index (χ3n) is 3.03. The molecule has 0 spiro atoms. The number of halogens is 1. The number of aromatic nitrogens is 2. The normalized spacial score (nSPS) is 15.4. The lowest BCUT2D eigenvalue weighted by atomic mass is 10.2. The van der Waals surface area contributed by atoms with E-state index in [1.54, 1.807) is 0 Å². The molecule has 0 aromatic carbocycles. The number of amides is 1. The minimum absolute atomic E-state index is 0.0625. The summed E-state index contributed by atoms with van der Waals surface area (Å²) in [5.41, 5.74) is 0.241. The molecule has 118 valence electrons. The quantitative estimate of drug-likeness (QED) is 0.579. The minimum atomic E-state index is -4.03. The fraction of sp³-hybridized carbons (Fsp3) is 0.667. The molecule has 2 rings (SSSR count). The van der Waals surface area contributed by atoms with Gasteiger partial charge in [-0.3, -0.25) is 9.89 Å². The second-order valence-corrected chi connectivity index (χ2v) is 7.71. The standard InChI is InChI=1S/C12H18ClN3O4S/c1-7(2)20-6-5-14-12(17)10-11(21(13,18)19)9(15-16-10)8-3-4-8/h7-8H,3-6H2,1-2H3,(H,14,17)(H,15,16). The molecule has 7 nitrogen and oxygen atoms in total. The number of carbonyl (C=O) groups is 1. The lowest BCUT2D eigenvalue weighted by Crippen LogP contribution is -2.29. The molecule has 1 aromatic rings. The molecule has 0 saturated heterocycles. The Bertz CT molecular complexity index is 622. The van der Waals surface area contributed by atoms with Gasteiger partial charge in [-0.25, -0.2) is 8.42 Å². The van der Waals surface area contributed by atoms with Crippen LogP contribution in [0.25, 0.3) is 0 Å². The van der Waals surface area contributed by atoms with Gasteiger partial charge in [0.05, 0.1) is 18.4 Å². The monoisotopic (exact) mass is 335 g/mol. The maximum absolute atomic E-state index is 12.0. The van der Waals surface area contributed by atoms with Crippen molar-refractivity contribution in [3.05, 3.63) is 11.4 Å². The summed E-state index contributed by atoms with van der Waals surface area (Å²) in [5.74, 6) is -0.489. The SMILES string of the molecule is CC(C)OCCNC(=O)c1n[nH]c(C2CC2)c1S(=O)(=O)Cl. The smallest absolute Gasteiger partial charge is 0.273 e. The van der Waals surface area contributed by atoms with E-state index in [0.29, 0.717) is 12.3 Å². The van der Waals surface area contributed by atoms with Gasteiger partial charge < -0.3 is 10.1 Å². The number of hydrogen-bond donors (Lipinski definition) is 2. The Kier molecular flexibility index (Phi) is 4.90. The Morgan fingerprint density at radius 1 is 1.52 bits per heavy atom. The van der Waals surface area contributed by atoms with E-state index in [2.05, 4.69) is 15.5 Å². The second kappa shape index (κ2) is 6.33. The highest BCUT2D eigenvalue weighted by Crippen LogP contribution is 2.43. The molecule has 1 aromatic heterocycles. The summed E-state index contributed by atoms with van der Waals surface area (Å²) in [6.07, 6.45) is 1.79. The van der Waals surface area contributed by atoms with Gasteiger partial charge in [-0.05, 0) is 26.7 Å². The average Bonchev–Trinajstić information content (AvgIpc) is 3.11. The molecule has 9 heteroatoms. The Balaban J connectivity index is 2.10. The fourth-order valence-electron chi connectivity index (χ4n) is 1.94. The van der Waals surface area contributed by atoms with Crippen LogP contribution in [-0.2, 0) is 13.8 Å². The predicted molar refractivity (Wildman–Crippen MR) is 77.0 cm³/mol. The van der Waals surface area contributed by atoms with Crippen molar-refractivity contribution in [2.75, 3.05) is 13.2 Å². The Morgan fingerprint density at radius 2 is 2.19 bits per heavy atom. The number of carbonyl (C=O) groups excluding carboxylic acids is 1. The molecule has 1 aliphatic rings. The van der Waals surface area contributed by atoms with Crippen LogP contribution in [0.4, 0.5) is 0 Å². The number of hydrogen-bond acceptors (Lipinski definition) is 5. The topological polar surface area (TPSA) is 101 Å². The summed E-state index contributed by atoms with van der Waals surface area (Å²) < 4.78 is 28.7. The van der Waals surface area contributed by atoms with Gasteiger partial charge in [0.2, 0.25) is 0 Å². The molecular formula is C12H18ClN3O4S. The average molecular weight is 336 g/mol. The van der Waals surface area contributed by atoms with E-state index in [1.165, 1.54) is 0 Å². The number of aromatic amines is 1. The van der Waals surface area contributed by atoms with Gasteiger partial charge in [0, 0.05) is 23.1 Å². The van der Waals surface area contributed by atoms with E-state index >= 15 is 0 Å². The van der Waals surface area contributed by atoms with Crippen molar-refractivity contribution in [2.24, 2.45) is 0 Å². The zero-order valence-electron chi connectivity index (χ0n) is 11.8. The third kappa shape index (κ3) is 4.18. The van der Waals surface area contributed by atoms with E-state index in [1.807, 2.05) is 13.8 Å². The molecule has 1 saturated carbocycles. The fourth-order valence-corrected chi connectivity index (χ4v) is 3.25. The van der Waals surface area contributed by atoms with E-state index in [-0.39, 0.29) is 29.2 Å². The van der Waals surface area contributed by atoms with E-state index in [4.69, 9.17) is 15.4 Å². The number of rotatable bonds is 7. The van der Waals surface area contributed by atoms with Crippen LogP contribution in [0.1, 0.15) is 48.8 Å². The molecule has 0 unspecified atom stereocenters. The molecule has 1 fully saturated rings. The van der Waals surface area contributed by atoms with Gasteiger partial charge in [0.15, 0.2) is 5.69 Å². The van der Waals surface area contributed by atoms with Crippen LogP contribution < -0.4 is 5.32 Å². The third-order valence-corrected chi connectivity index (χ3v) is 4.39. The van der Waals surface area contributed by atoms with Crippen molar-refractivity contribution in [2.45, 2.75) is 43.6 Å². The summed E-state index contributed by atoms with van der Waals surface area (Å²) in [7, 11) is 1.41. The van der Waals surface area contributed by atoms with Gasteiger partial charge in [-0.15, -0.1) is 0 Å². The lowest BCUT2D eigenvalue weighted by molar-refractivity contribution is 0.0743. The van der Waals surface area contributed by atoms with Crippen LogP contribution in [0.3, 0.4) is 0 Å². The van der Waals surface area contributed by atoms with Crippen molar-refractivity contribution < 1.29 is 17.9 Å². The maximum atomic E-state index is 12.0. The van der Waals surface area contributed by atoms with Crippen LogP contribution in [0.15, 0.2) is 4.90 Å². The Labute approximate surface area is 127 Å². The number of nitrogens with zero attached hydrogens (tertiary/aromatic N) is 1. The lowest BCUT2D eigenvalue weighted by Gasteiger charge is -2.08. The summed E-state index contributed by atoms with van der Waals surface area (Å²) >= 11 is 0. The first-order valence-electron chi connectivity index (χ1n) is 6.73. The van der Waals surface area contributed by atoms with Gasteiger partial charge in [0.25, 0.3) is 15.0 Å². The maximum Gasteiger partial charge on any atom is 0.273 e. The highest BCUT2D eigenvalue weighted by Gasteiger charge is 2.36. The second-order valence-electron chi connectivity index (χ2n) is 5.20. The molecule has 2 N–H and O–H groups in total. The molecule has 0 radical (unpaired) electrons. The molecule has 1 amide bonds. The van der Waals surface area contributed by atoms with Crippen LogP contribution in [0.2, 0.25) is 0 Å². The van der Waals surface area contributed by atoms with Crippen molar-refractivity contribution in [1.82, 2.24) is 15.5 Å². The summed E-state index contributed by atoms with van der Waals surface area (Å²) in [6.45, 7) is 4.38. The Hall–Kier alpha value is -1.12. The molecule has 0 bridgehead atoms. The van der Waals surface area contributed by atoms with Gasteiger partial charge in [0.1, 0.15) is 4.90 Å². The highest BCUT2D eigenvalue weighted by molar-refractivity contribution is 8.13. The first-order chi connectivity index (χ1) is 9.80. The largest absolute Gasteiger partial charge is 0.377 e. The van der Waals surface area contributed by atoms with Crippen LogP contribution >= 0.6 is 10.7 Å². The van der Waals surface area contributed by atoms with E-state index < -0.39 is 15.0 Å². The van der Waals surface area contributed by atoms with Gasteiger partial charge in [-0.2, -0.15) is 5.10 Å². The molecule has 21 heavy (non-hydrogen) atoms. The number of ether oxygens (including phenoxy) is 1. The van der Waals surface area contributed by atoms with E-state index in [0.717, 1.165) is 12.8 Å². The summed E-state index contributed by atoms with van der Waals surface area (Å²) in [6, 6.07) is 0. The van der Waals surface area contributed by atoms with Gasteiger partial charge in [-0.1, -0.05) is 0 Å². The van der Waals surface area contributed by atoms with Crippen LogP contribution in [-0.4, -0.2) is 43.8 Å². The van der Waals surface area contributed by atoms with Crippen molar-refractivity contribution >= 4 is 25.6 Å². The zero-order chi connectivity index (χ0) is 15.6. The van der Waals surface area contributed by atoms with Crippen molar-refractivity contribution in [1.29, 1.82) is 0 Å². The highest BCUT2D eigenvalue weighted by atomic mass is 35.7. The van der Waals surface area contributed by atoms with E-state index in [9.17, 15) is 13.2 Å². The molecule has 1 aliphatic carbocycles. The number of nitrogens with one attached hydrogen (secondary N) is 2. The van der Waals surface area contributed by atoms with Crippen molar-refractivity contribution in [3.63, 3.8) is 0 Å². The van der Waals surface area contributed by atoms with Gasteiger partial charge >= 0.3 is 0 Å². The van der Waals surface area contributed by atoms with Crippen molar-refractivity contribution in [3.8, 4) is 0 Å². The summed E-state index contributed by atoms with van der Waals surface area (Å²) in [5, 5.41) is 9.01. The zero-order valence-corrected chi connectivity index (χ0v) is 13.4. The molecular weight excluding hydrogens is 318 g/mol. The first-order valence-corrected chi connectivity index (χ1v) is 9.04. The Morgan fingerprint density at radius 3 is 2.71 bits per heavy atom. The predicted octanol–water partition coefficient (Wildman–Crippen LogP) is 1.37. The molecule has 0 atom stereocenters. The van der Waals surface area contributed by atoms with Crippen LogP contribution in [0.5, 0.6) is 0 Å². The minimum Gasteiger partial charge on any atom is -0.377 e. The number of H-pyrrole nitrogens is 1. The summed E-state index contributed by atoms with van der Waals surface area (Å²) in [4.78, 5) is 11.8. The molecule has 1 heterocycles. The first kappa shape index (κ1) is 16.3.